The van der Waals surface area contributed by atoms with E-state index in [2.05, 4.69) is 30.1 Å². The first-order valence-electron chi connectivity index (χ1n) is 10.1. The van der Waals surface area contributed by atoms with E-state index in [9.17, 15) is 5.11 Å². The van der Waals surface area contributed by atoms with Crippen molar-refractivity contribution >= 4 is 40.6 Å². The Bertz CT molecular complexity index is 1350. The summed E-state index contributed by atoms with van der Waals surface area (Å²) in [6.07, 6.45) is 3.84. The van der Waals surface area contributed by atoms with Crippen molar-refractivity contribution in [1.82, 2.24) is 4.57 Å². The molecular weight excluding hydrogens is 402 g/mol. The molecule has 1 N–H and O–H groups in total. The molecule has 4 nitrogen and oxygen atoms in total. The SMILES string of the molecule is CC(c1ccccc1)n1c(O)c(C=C2C=Nc3ccccc32)sc1=Nc1ccccc1. The highest BCUT2D eigenvalue weighted by Crippen LogP contribution is 2.35. The van der Waals surface area contributed by atoms with E-state index in [4.69, 9.17) is 4.99 Å². The molecule has 152 valence electrons. The molecule has 0 bridgehead atoms. The zero-order chi connectivity index (χ0) is 21.2. The summed E-state index contributed by atoms with van der Waals surface area (Å²) in [5.41, 5.74) is 4.96. The van der Waals surface area contributed by atoms with E-state index in [1.54, 1.807) is 0 Å². The number of hydrogen-bond acceptors (Lipinski definition) is 4. The van der Waals surface area contributed by atoms with Crippen molar-refractivity contribution in [1.29, 1.82) is 0 Å². The van der Waals surface area contributed by atoms with Crippen LogP contribution in [0.25, 0.3) is 11.6 Å². The van der Waals surface area contributed by atoms with Crippen molar-refractivity contribution < 1.29 is 5.11 Å². The zero-order valence-corrected chi connectivity index (χ0v) is 17.8. The molecule has 1 unspecified atom stereocenters. The highest BCUT2D eigenvalue weighted by Gasteiger charge is 2.19. The van der Waals surface area contributed by atoms with E-state index >= 15 is 0 Å². The Kier molecular flexibility index (Phi) is 5.10. The lowest BCUT2D eigenvalue weighted by molar-refractivity contribution is 0.400. The third-order valence-electron chi connectivity index (χ3n) is 5.35. The van der Waals surface area contributed by atoms with E-state index < -0.39 is 0 Å². The number of aromatic hydroxyl groups is 1. The fourth-order valence-electron chi connectivity index (χ4n) is 3.71. The third kappa shape index (κ3) is 3.76. The molecule has 0 amide bonds. The molecule has 3 aromatic carbocycles. The minimum atomic E-state index is -0.0726. The predicted molar refractivity (Wildman–Crippen MR) is 128 cm³/mol. The number of thiazole rings is 1. The van der Waals surface area contributed by atoms with Crippen LogP contribution in [0.1, 0.15) is 29.0 Å². The smallest absolute Gasteiger partial charge is 0.211 e. The summed E-state index contributed by atoms with van der Waals surface area (Å²) >= 11 is 1.47. The van der Waals surface area contributed by atoms with Crippen LogP contribution in [0, 0.1) is 0 Å². The predicted octanol–water partition coefficient (Wildman–Crippen LogP) is 6.35. The first-order chi connectivity index (χ1) is 15.2. The number of rotatable bonds is 4. The van der Waals surface area contributed by atoms with Gasteiger partial charge in [-0.25, -0.2) is 4.99 Å². The van der Waals surface area contributed by atoms with Gasteiger partial charge in [-0.1, -0.05) is 78.1 Å². The van der Waals surface area contributed by atoms with Gasteiger partial charge in [-0.05, 0) is 36.8 Å². The van der Waals surface area contributed by atoms with Crippen molar-refractivity contribution in [2.75, 3.05) is 0 Å². The largest absolute Gasteiger partial charge is 0.493 e. The first-order valence-corrected chi connectivity index (χ1v) is 11.0. The molecule has 1 aliphatic heterocycles. The Morgan fingerprint density at radius 2 is 1.61 bits per heavy atom. The molecule has 31 heavy (non-hydrogen) atoms. The maximum atomic E-state index is 11.3. The van der Waals surface area contributed by atoms with E-state index in [1.807, 2.05) is 83.6 Å². The highest BCUT2D eigenvalue weighted by molar-refractivity contribution is 7.10. The number of aromatic nitrogens is 1. The van der Waals surface area contributed by atoms with Crippen molar-refractivity contribution in [3.63, 3.8) is 0 Å². The summed E-state index contributed by atoms with van der Waals surface area (Å²) in [5.74, 6) is 0.210. The maximum Gasteiger partial charge on any atom is 0.211 e. The number of fused-ring (bicyclic) bond motifs is 1. The molecule has 0 saturated carbocycles. The minimum absolute atomic E-state index is 0.0726. The Morgan fingerprint density at radius 3 is 2.39 bits per heavy atom. The molecule has 1 atom stereocenters. The second-order valence-corrected chi connectivity index (χ2v) is 8.36. The molecule has 0 radical (unpaired) electrons. The number of para-hydroxylation sites is 2. The van der Waals surface area contributed by atoms with Crippen LogP contribution in [0.5, 0.6) is 5.88 Å². The van der Waals surface area contributed by atoms with Crippen molar-refractivity contribution in [2.24, 2.45) is 9.98 Å². The highest BCUT2D eigenvalue weighted by atomic mass is 32.1. The number of hydrogen-bond donors (Lipinski definition) is 1. The van der Waals surface area contributed by atoms with Crippen LogP contribution < -0.4 is 4.80 Å². The molecule has 1 aliphatic rings. The second kappa shape index (κ2) is 8.20. The lowest BCUT2D eigenvalue weighted by Crippen LogP contribution is -2.19. The fourth-order valence-corrected chi connectivity index (χ4v) is 4.78. The average molecular weight is 424 g/mol. The van der Waals surface area contributed by atoms with Gasteiger partial charge in [0.25, 0.3) is 0 Å². The van der Waals surface area contributed by atoms with E-state index in [-0.39, 0.29) is 11.9 Å². The van der Waals surface area contributed by atoms with Gasteiger partial charge in [0, 0.05) is 17.4 Å². The molecule has 0 fully saturated rings. The molecular formula is C26H21N3OS. The van der Waals surface area contributed by atoms with Gasteiger partial charge in [0.2, 0.25) is 5.88 Å². The molecule has 0 aliphatic carbocycles. The molecule has 5 heteroatoms. The summed E-state index contributed by atoms with van der Waals surface area (Å²) in [7, 11) is 0. The quantitative estimate of drug-likeness (QED) is 0.408. The van der Waals surface area contributed by atoms with Crippen molar-refractivity contribution in [2.45, 2.75) is 13.0 Å². The molecule has 0 spiro atoms. The Balaban J connectivity index is 1.67. The van der Waals surface area contributed by atoms with Gasteiger partial charge >= 0.3 is 0 Å². The standard InChI is InChI=1S/C26H21N3OS/c1-18(19-10-4-2-5-11-19)29-25(30)24(31-26(29)28-21-12-6-3-7-13-21)16-20-17-27-23-15-9-8-14-22(20)23/h2-18,30H,1H3. The van der Waals surface area contributed by atoms with Crippen LogP contribution >= 0.6 is 11.3 Å². The van der Waals surface area contributed by atoms with Crippen LogP contribution in [-0.4, -0.2) is 15.9 Å². The Hall–Kier alpha value is -3.70. The van der Waals surface area contributed by atoms with E-state index in [0.29, 0.717) is 0 Å². The van der Waals surface area contributed by atoms with Crippen LogP contribution in [0.4, 0.5) is 11.4 Å². The minimum Gasteiger partial charge on any atom is -0.493 e. The van der Waals surface area contributed by atoms with Gasteiger partial charge < -0.3 is 5.11 Å². The second-order valence-electron chi connectivity index (χ2n) is 7.35. The molecule has 0 saturated heterocycles. The first kappa shape index (κ1) is 19.3. The number of allylic oxidation sites excluding steroid dienone is 1. The van der Waals surface area contributed by atoms with Crippen LogP contribution in [0.2, 0.25) is 0 Å². The Labute approximate surface area is 184 Å². The van der Waals surface area contributed by atoms with Crippen LogP contribution in [0.15, 0.2) is 94.9 Å². The van der Waals surface area contributed by atoms with Gasteiger partial charge in [-0.3, -0.25) is 9.56 Å². The van der Waals surface area contributed by atoms with Crippen LogP contribution in [-0.2, 0) is 0 Å². The van der Waals surface area contributed by atoms with E-state index in [0.717, 1.165) is 37.8 Å². The number of nitrogens with zero attached hydrogens (tertiary/aromatic N) is 3. The van der Waals surface area contributed by atoms with E-state index in [1.165, 1.54) is 11.3 Å². The van der Waals surface area contributed by atoms with Gasteiger partial charge in [0.1, 0.15) is 0 Å². The summed E-state index contributed by atoms with van der Waals surface area (Å²) < 4.78 is 1.90. The average Bonchev–Trinajstić information content (AvgIpc) is 3.36. The van der Waals surface area contributed by atoms with Crippen molar-refractivity contribution in [3.8, 4) is 5.88 Å². The summed E-state index contributed by atoms with van der Waals surface area (Å²) in [6, 6.07) is 27.9. The molecule has 5 rings (SSSR count). The summed E-state index contributed by atoms with van der Waals surface area (Å²) in [4.78, 5) is 10.8. The monoisotopic (exact) mass is 423 g/mol. The van der Waals surface area contributed by atoms with Gasteiger partial charge in [0.15, 0.2) is 4.80 Å². The fraction of sp³-hybridized carbons (Fsp3) is 0.0769. The normalized spacial score (nSPS) is 15.4. The summed E-state index contributed by atoms with van der Waals surface area (Å²) in [6.45, 7) is 2.08. The lowest BCUT2D eigenvalue weighted by Gasteiger charge is -2.15. The summed E-state index contributed by atoms with van der Waals surface area (Å²) in [5, 5.41) is 11.3. The molecule has 4 aromatic rings. The topological polar surface area (TPSA) is 49.9 Å². The van der Waals surface area contributed by atoms with Gasteiger partial charge in [-0.15, -0.1) is 0 Å². The molecule has 1 aromatic heterocycles. The Morgan fingerprint density at radius 1 is 0.935 bits per heavy atom. The van der Waals surface area contributed by atoms with Crippen molar-refractivity contribution in [3.05, 3.63) is 106 Å². The lowest BCUT2D eigenvalue weighted by atomic mass is 10.1. The number of benzene rings is 3. The van der Waals surface area contributed by atoms with Gasteiger partial charge in [0.05, 0.1) is 22.3 Å². The zero-order valence-electron chi connectivity index (χ0n) is 17.0. The maximum absolute atomic E-state index is 11.3. The van der Waals surface area contributed by atoms with Crippen LogP contribution in [0.3, 0.4) is 0 Å². The third-order valence-corrected chi connectivity index (χ3v) is 6.34. The molecule has 2 heterocycles. The van der Waals surface area contributed by atoms with Gasteiger partial charge in [-0.2, -0.15) is 0 Å². The number of aliphatic imine (C=N–C) groups is 1.